The quantitative estimate of drug-likeness (QED) is 0.859. The van der Waals surface area contributed by atoms with Crippen LogP contribution in [0.15, 0.2) is 30.5 Å². The first kappa shape index (κ1) is 16.5. The monoisotopic (exact) mass is 345 g/mol. The number of H-pyrrole nitrogens is 1. The Bertz CT molecular complexity index is 775. The number of nitrogens with one attached hydrogen (secondary N) is 1. The maximum atomic E-state index is 12.4. The van der Waals surface area contributed by atoms with Gasteiger partial charge in [-0.3, -0.25) is 5.10 Å². The maximum Gasteiger partial charge on any atom is 0.342 e. The molecule has 1 aliphatic heterocycles. The molecule has 0 atom stereocenters. The lowest BCUT2D eigenvalue weighted by Gasteiger charge is -2.29. The van der Waals surface area contributed by atoms with Crippen LogP contribution in [0.5, 0.6) is 0 Å². The summed E-state index contributed by atoms with van der Waals surface area (Å²) in [6, 6.07) is 9.38. The smallest absolute Gasteiger partial charge is 0.342 e. The number of carbonyl (C=O) groups excluding carboxylic acids is 1. The van der Waals surface area contributed by atoms with E-state index < -0.39 is 11.4 Å². The first-order valence-corrected chi connectivity index (χ1v) is 7.97. The van der Waals surface area contributed by atoms with E-state index in [4.69, 9.17) is 21.1 Å². The molecule has 1 N–H and O–H groups in total. The fourth-order valence-corrected chi connectivity index (χ4v) is 2.83. The molecule has 2 aromatic rings. The molecular weight excluding hydrogens is 330 g/mol. The van der Waals surface area contributed by atoms with E-state index in [1.807, 2.05) is 6.07 Å². The zero-order valence-electron chi connectivity index (χ0n) is 12.9. The Morgan fingerprint density at radius 3 is 2.96 bits per heavy atom. The van der Waals surface area contributed by atoms with Gasteiger partial charge in [0.1, 0.15) is 12.2 Å². The summed E-state index contributed by atoms with van der Waals surface area (Å²) in [6.07, 6.45) is 2.54. The van der Waals surface area contributed by atoms with Gasteiger partial charge in [-0.25, -0.2) is 4.79 Å². The lowest BCUT2D eigenvalue weighted by atomic mass is 9.83. The number of carbonyl (C=O) groups is 1. The Labute approximate surface area is 144 Å². The lowest BCUT2D eigenvalue weighted by molar-refractivity contribution is -0.00462. The lowest BCUT2D eigenvalue weighted by Crippen LogP contribution is -2.33. The van der Waals surface area contributed by atoms with Crippen LogP contribution < -0.4 is 0 Å². The summed E-state index contributed by atoms with van der Waals surface area (Å²) >= 11 is 6.00. The van der Waals surface area contributed by atoms with Crippen molar-refractivity contribution in [2.24, 2.45) is 5.41 Å². The summed E-state index contributed by atoms with van der Waals surface area (Å²) in [6.45, 7) is 1.06. The van der Waals surface area contributed by atoms with E-state index in [1.54, 1.807) is 18.2 Å². The number of nitriles is 1. The van der Waals surface area contributed by atoms with Crippen LogP contribution in [0.4, 0.5) is 0 Å². The highest BCUT2D eigenvalue weighted by atomic mass is 35.5. The van der Waals surface area contributed by atoms with Gasteiger partial charge in [0.05, 0.1) is 23.4 Å². The first-order chi connectivity index (χ1) is 11.6. The number of halogens is 1. The van der Waals surface area contributed by atoms with E-state index >= 15 is 0 Å². The fraction of sp³-hybridized carbons (Fsp3) is 0.353. The summed E-state index contributed by atoms with van der Waals surface area (Å²) in [5, 5.41) is 16.7. The average molecular weight is 346 g/mol. The molecule has 24 heavy (non-hydrogen) atoms. The molecule has 0 amide bonds. The highest BCUT2D eigenvalue weighted by molar-refractivity contribution is 6.30. The van der Waals surface area contributed by atoms with Crippen LogP contribution in [0.2, 0.25) is 5.02 Å². The summed E-state index contributed by atoms with van der Waals surface area (Å²) in [5.74, 6) is -0.514. The van der Waals surface area contributed by atoms with Crippen molar-refractivity contribution in [3.63, 3.8) is 0 Å². The molecule has 7 heteroatoms. The highest BCUT2D eigenvalue weighted by Crippen LogP contribution is 2.31. The second-order valence-corrected chi connectivity index (χ2v) is 6.19. The minimum atomic E-state index is -0.673. The predicted molar refractivity (Wildman–Crippen MR) is 87.4 cm³/mol. The molecule has 2 heterocycles. The molecule has 1 saturated heterocycles. The van der Waals surface area contributed by atoms with Gasteiger partial charge in [-0.15, -0.1) is 0 Å². The largest absolute Gasteiger partial charge is 0.460 e. The van der Waals surface area contributed by atoms with Crippen molar-refractivity contribution in [3.8, 4) is 17.3 Å². The molecule has 124 valence electrons. The van der Waals surface area contributed by atoms with E-state index in [9.17, 15) is 10.1 Å². The predicted octanol–water partition coefficient (Wildman–Crippen LogP) is 3.21. The molecule has 1 aromatic carbocycles. The van der Waals surface area contributed by atoms with Gasteiger partial charge in [0.25, 0.3) is 0 Å². The molecule has 0 spiro atoms. The van der Waals surface area contributed by atoms with E-state index in [0.29, 0.717) is 42.3 Å². The third kappa shape index (κ3) is 3.42. The van der Waals surface area contributed by atoms with E-state index in [1.165, 1.54) is 6.20 Å². The zero-order valence-corrected chi connectivity index (χ0v) is 13.7. The molecule has 3 rings (SSSR count). The molecule has 6 nitrogen and oxygen atoms in total. The average Bonchev–Trinajstić information content (AvgIpc) is 3.10. The third-order valence-corrected chi connectivity index (χ3v) is 4.37. The number of aromatic nitrogens is 2. The van der Waals surface area contributed by atoms with Crippen molar-refractivity contribution in [1.29, 1.82) is 5.26 Å². The minimum Gasteiger partial charge on any atom is -0.460 e. The number of aromatic amines is 1. The van der Waals surface area contributed by atoms with Gasteiger partial charge in [-0.2, -0.15) is 10.4 Å². The Morgan fingerprint density at radius 2 is 2.25 bits per heavy atom. The van der Waals surface area contributed by atoms with E-state index in [2.05, 4.69) is 16.3 Å². The normalized spacial score (nSPS) is 16.3. The summed E-state index contributed by atoms with van der Waals surface area (Å²) in [5.41, 5.74) is 0.930. The van der Waals surface area contributed by atoms with Crippen LogP contribution >= 0.6 is 11.6 Å². The molecule has 0 aliphatic carbocycles. The van der Waals surface area contributed by atoms with Gasteiger partial charge in [0.2, 0.25) is 0 Å². The van der Waals surface area contributed by atoms with E-state index in [0.717, 1.165) is 5.56 Å². The van der Waals surface area contributed by atoms with Crippen LogP contribution in [0.25, 0.3) is 11.3 Å². The summed E-state index contributed by atoms with van der Waals surface area (Å²) in [4.78, 5) is 12.4. The number of nitrogens with zero attached hydrogens (tertiary/aromatic N) is 2. The number of rotatable bonds is 4. The van der Waals surface area contributed by atoms with Crippen LogP contribution in [0, 0.1) is 16.7 Å². The Morgan fingerprint density at radius 1 is 1.46 bits per heavy atom. The fourth-order valence-electron chi connectivity index (χ4n) is 2.64. The third-order valence-electron chi connectivity index (χ3n) is 4.14. The van der Waals surface area contributed by atoms with Gasteiger partial charge < -0.3 is 9.47 Å². The van der Waals surface area contributed by atoms with Crippen molar-refractivity contribution in [1.82, 2.24) is 10.2 Å². The first-order valence-electron chi connectivity index (χ1n) is 7.59. The zero-order chi connectivity index (χ0) is 17.0. The molecule has 0 unspecified atom stereocenters. The van der Waals surface area contributed by atoms with Crippen LogP contribution in [0.1, 0.15) is 23.2 Å². The van der Waals surface area contributed by atoms with Crippen molar-refractivity contribution >= 4 is 17.6 Å². The van der Waals surface area contributed by atoms with Crippen molar-refractivity contribution < 1.29 is 14.3 Å². The number of esters is 1. The molecule has 0 saturated carbocycles. The second kappa shape index (κ2) is 7.04. The van der Waals surface area contributed by atoms with Gasteiger partial charge in [0, 0.05) is 23.8 Å². The van der Waals surface area contributed by atoms with Gasteiger partial charge in [-0.1, -0.05) is 23.7 Å². The summed E-state index contributed by atoms with van der Waals surface area (Å²) in [7, 11) is 0. The Kier molecular flexibility index (Phi) is 4.84. The van der Waals surface area contributed by atoms with Crippen molar-refractivity contribution in [2.75, 3.05) is 19.8 Å². The van der Waals surface area contributed by atoms with Gasteiger partial charge >= 0.3 is 5.97 Å². The number of hydrogen-bond acceptors (Lipinski definition) is 5. The number of benzene rings is 1. The molecule has 1 aliphatic rings. The van der Waals surface area contributed by atoms with Gasteiger partial charge in [-0.05, 0) is 25.0 Å². The molecule has 0 radical (unpaired) electrons. The maximum absolute atomic E-state index is 12.4. The minimum absolute atomic E-state index is 0.0475. The molecule has 1 fully saturated rings. The highest BCUT2D eigenvalue weighted by Gasteiger charge is 2.34. The van der Waals surface area contributed by atoms with Crippen molar-refractivity contribution in [3.05, 3.63) is 41.0 Å². The Balaban J connectivity index is 1.75. The summed E-state index contributed by atoms with van der Waals surface area (Å²) < 4.78 is 10.7. The van der Waals surface area contributed by atoms with Crippen LogP contribution in [0.3, 0.4) is 0 Å². The standard InChI is InChI=1S/C17H16ClN3O3/c18-13-3-1-2-12(8-13)15-14(9-20-21-15)16(22)24-11-17(10-19)4-6-23-7-5-17/h1-3,8-9H,4-7,11H2,(H,20,21). The molecular formula is C17H16ClN3O3. The number of ether oxygens (including phenoxy) is 2. The second-order valence-electron chi connectivity index (χ2n) is 5.75. The van der Waals surface area contributed by atoms with Crippen molar-refractivity contribution in [2.45, 2.75) is 12.8 Å². The van der Waals surface area contributed by atoms with Crippen LogP contribution in [-0.4, -0.2) is 36.0 Å². The van der Waals surface area contributed by atoms with Gasteiger partial charge in [0.15, 0.2) is 0 Å². The van der Waals surface area contributed by atoms with E-state index in [-0.39, 0.29) is 6.61 Å². The Hall–Kier alpha value is -2.36. The topological polar surface area (TPSA) is 88.0 Å². The molecule has 0 bridgehead atoms. The SMILES string of the molecule is N#CC1(COC(=O)c2cn[nH]c2-c2cccc(Cl)c2)CCOCC1. The molecule has 1 aromatic heterocycles. The van der Waals surface area contributed by atoms with Crippen LogP contribution in [-0.2, 0) is 9.47 Å². The number of hydrogen-bond donors (Lipinski definition) is 1.